The van der Waals surface area contributed by atoms with Crippen molar-refractivity contribution in [2.75, 3.05) is 6.54 Å². The van der Waals surface area contributed by atoms with Crippen molar-refractivity contribution in [3.63, 3.8) is 0 Å². The second-order valence-electron chi connectivity index (χ2n) is 3.58. The van der Waals surface area contributed by atoms with Gasteiger partial charge >= 0.3 is 0 Å². The molecule has 72 valence electrons. The van der Waals surface area contributed by atoms with E-state index in [0.717, 1.165) is 12.2 Å². The van der Waals surface area contributed by atoms with Gasteiger partial charge in [0.15, 0.2) is 0 Å². The molecule has 0 spiro atoms. The quantitative estimate of drug-likeness (QED) is 0.739. The summed E-state index contributed by atoms with van der Waals surface area (Å²) in [6.07, 6.45) is 2.11. The zero-order valence-corrected chi connectivity index (χ0v) is 9.06. The van der Waals surface area contributed by atoms with Crippen LogP contribution in [-0.2, 0) is 7.05 Å². The first-order valence-corrected chi connectivity index (χ1v) is 5.50. The van der Waals surface area contributed by atoms with Gasteiger partial charge in [-0.05, 0) is 6.92 Å². The van der Waals surface area contributed by atoms with Crippen LogP contribution in [0, 0.1) is 6.92 Å². The van der Waals surface area contributed by atoms with E-state index in [2.05, 4.69) is 30.5 Å². The fourth-order valence-electron chi connectivity index (χ4n) is 1.66. The van der Waals surface area contributed by atoms with Gasteiger partial charge in [0, 0.05) is 30.6 Å². The van der Waals surface area contributed by atoms with Crippen molar-refractivity contribution in [1.29, 1.82) is 0 Å². The lowest BCUT2D eigenvalue weighted by Gasteiger charge is -2.07. The van der Waals surface area contributed by atoms with Gasteiger partial charge in [0.1, 0.15) is 0 Å². The lowest BCUT2D eigenvalue weighted by atomic mass is 10.2. The SMILES string of the molecule is Cc1nn(C)cc1C1NCC(C)S1. The first kappa shape index (κ1) is 9.09. The van der Waals surface area contributed by atoms with Crippen molar-refractivity contribution in [2.45, 2.75) is 24.5 Å². The van der Waals surface area contributed by atoms with Crippen molar-refractivity contribution in [3.05, 3.63) is 17.5 Å². The summed E-state index contributed by atoms with van der Waals surface area (Å²) in [4.78, 5) is 0. The van der Waals surface area contributed by atoms with Crippen LogP contribution in [0.3, 0.4) is 0 Å². The van der Waals surface area contributed by atoms with Gasteiger partial charge in [-0.15, -0.1) is 11.8 Å². The summed E-state index contributed by atoms with van der Waals surface area (Å²) in [5.41, 5.74) is 2.47. The molecule has 1 saturated heterocycles. The molecule has 1 N–H and O–H groups in total. The predicted molar refractivity (Wildman–Crippen MR) is 55.7 cm³/mol. The third-order valence-electron chi connectivity index (χ3n) is 2.29. The van der Waals surface area contributed by atoms with Crippen molar-refractivity contribution in [1.82, 2.24) is 15.1 Å². The Kier molecular flexibility index (Phi) is 2.34. The summed E-state index contributed by atoms with van der Waals surface area (Å²) in [6, 6.07) is 0. The Labute approximate surface area is 82.9 Å². The standard InChI is InChI=1S/C9H15N3S/c1-6-4-10-9(13-6)8-5-12(3)11-7(8)2/h5-6,9-10H,4H2,1-3H3. The molecule has 1 aliphatic heterocycles. The van der Waals surface area contributed by atoms with Gasteiger partial charge in [-0.3, -0.25) is 4.68 Å². The fraction of sp³-hybridized carbons (Fsp3) is 0.667. The lowest BCUT2D eigenvalue weighted by molar-refractivity contribution is 0.714. The van der Waals surface area contributed by atoms with Gasteiger partial charge < -0.3 is 5.32 Å². The maximum absolute atomic E-state index is 4.34. The molecule has 2 heterocycles. The highest BCUT2D eigenvalue weighted by molar-refractivity contribution is 8.00. The molecule has 0 saturated carbocycles. The predicted octanol–water partition coefficient (Wildman–Crippen LogP) is 1.45. The van der Waals surface area contributed by atoms with Crippen molar-refractivity contribution in [2.24, 2.45) is 7.05 Å². The Bertz CT molecular complexity index is 308. The van der Waals surface area contributed by atoms with E-state index in [9.17, 15) is 0 Å². The second kappa shape index (κ2) is 3.35. The number of aromatic nitrogens is 2. The molecule has 4 heteroatoms. The summed E-state index contributed by atoms with van der Waals surface area (Å²) in [7, 11) is 1.97. The van der Waals surface area contributed by atoms with E-state index in [1.54, 1.807) is 0 Å². The van der Waals surface area contributed by atoms with E-state index in [1.807, 2.05) is 23.5 Å². The normalized spacial score (nSPS) is 28.2. The van der Waals surface area contributed by atoms with E-state index in [-0.39, 0.29) is 0 Å². The van der Waals surface area contributed by atoms with Crippen molar-refractivity contribution >= 4 is 11.8 Å². The molecule has 1 aromatic rings. The van der Waals surface area contributed by atoms with Crippen LogP contribution in [0.5, 0.6) is 0 Å². The molecular formula is C9H15N3S. The van der Waals surface area contributed by atoms with Crippen LogP contribution < -0.4 is 5.32 Å². The first-order valence-electron chi connectivity index (χ1n) is 4.56. The van der Waals surface area contributed by atoms with Crippen LogP contribution in [0.2, 0.25) is 0 Å². The number of aryl methyl sites for hydroxylation is 2. The van der Waals surface area contributed by atoms with Crippen LogP contribution in [0.25, 0.3) is 0 Å². The van der Waals surface area contributed by atoms with Crippen LogP contribution >= 0.6 is 11.8 Å². The molecule has 1 aromatic heterocycles. The third-order valence-corrected chi connectivity index (χ3v) is 3.62. The summed E-state index contributed by atoms with van der Waals surface area (Å²) < 4.78 is 1.88. The summed E-state index contributed by atoms with van der Waals surface area (Å²) in [5.74, 6) is 0. The molecule has 0 amide bonds. The Morgan fingerprint density at radius 1 is 1.69 bits per heavy atom. The molecule has 0 bridgehead atoms. The van der Waals surface area contributed by atoms with Crippen LogP contribution in [0.4, 0.5) is 0 Å². The zero-order valence-electron chi connectivity index (χ0n) is 8.24. The third kappa shape index (κ3) is 1.74. The second-order valence-corrected chi connectivity index (χ2v) is 5.13. The van der Waals surface area contributed by atoms with Crippen molar-refractivity contribution < 1.29 is 0 Å². The van der Waals surface area contributed by atoms with Gasteiger partial charge in [-0.1, -0.05) is 6.92 Å². The molecule has 2 atom stereocenters. The van der Waals surface area contributed by atoms with Gasteiger partial charge in [-0.2, -0.15) is 5.10 Å². The van der Waals surface area contributed by atoms with Crippen LogP contribution in [-0.4, -0.2) is 21.6 Å². The molecule has 0 aliphatic carbocycles. The first-order chi connectivity index (χ1) is 6.16. The van der Waals surface area contributed by atoms with Crippen molar-refractivity contribution in [3.8, 4) is 0 Å². The van der Waals surface area contributed by atoms with Gasteiger partial charge in [0.05, 0.1) is 11.1 Å². The maximum atomic E-state index is 4.34. The fourth-order valence-corrected chi connectivity index (χ4v) is 2.89. The minimum atomic E-state index is 0.448. The van der Waals surface area contributed by atoms with Gasteiger partial charge in [0.2, 0.25) is 0 Å². The van der Waals surface area contributed by atoms with Crippen LogP contribution in [0.1, 0.15) is 23.6 Å². The van der Waals surface area contributed by atoms with Gasteiger partial charge in [-0.25, -0.2) is 0 Å². The molecule has 13 heavy (non-hydrogen) atoms. The smallest absolute Gasteiger partial charge is 0.0826 e. The topological polar surface area (TPSA) is 29.9 Å². The number of nitrogens with one attached hydrogen (secondary N) is 1. The minimum Gasteiger partial charge on any atom is -0.300 e. The molecular weight excluding hydrogens is 182 g/mol. The average molecular weight is 197 g/mol. The molecule has 0 aromatic carbocycles. The highest BCUT2D eigenvalue weighted by Crippen LogP contribution is 2.35. The Balaban J connectivity index is 2.20. The number of rotatable bonds is 1. The number of nitrogens with zero attached hydrogens (tertiary/aromatic N) is 2. The van der Waals surface area contributed by atoms with E-state index in [1.165, 1.54) is 5.56 Å². The largest absolute Gasteiger partial charge is 0.300 e. The summed E-state index contributed by atoms with van der Waals surface area (Å²) in [5, 5.41) is 8.99. The highest BCUT2D eigenvalue weighted by atomic mass is 32.2. The number of thioether (sulfide) groups is 1. The number of hydrogen-bond acceptors (Lipinski definition) is 3. The van der Waals surface area contributed by atoms with Crippen LogP contribution in [0.15, 0.2) is 6.20 Å². The molecule has 3 nitrogen and oxygen atoms in total. The molecule has 2 rings (SSSR count). The lowest BCUT2D eigenvalue weighted by Crippen LogP contribution is -2.14. The Morgan fingerprint density at radius 2 is 2.46 bits per heavy atom. The minimum absolute atomic E-state index is 0.448. The molecule has 1 fully saturated rings. The molecule has 1 aliphatic rings. The summed E-state index contributed by atoms with van der Waals surface area (Å²) in [6.45, 7) is 5.42. The van der Waals surface area contributed by atoms with Gasteiger partial charge in [0.25, 0.3) is 0 Å². The molecule has 0 radical (unpaired) electrons. The maximum Gasteiger partial charge on any atom is 0.0826 e. The Hall–Kier alpha value is -0.480. The monoisotopic (exact) mass is 197 g/mol. The van der Waals surface area contributed by atoms with E-state index >= 15 is 0 Å². The highest BCUT2D eigenvalue weighted by Gasteiger charge is 2.25. The Morgan fingerprint density at radius 3 is 2.92 bits per heavy atom. The summed E-state index contributed by atoms with van der Waals surface area (Å²) >= 11 is 1.98. The van der Waals surface area contributed by atoms with E-state index in [0.29, 0.717) is 10.6 Å². The number of hydrogen-bond donors (Lipinski definition) is 1. The van der Waals surface area contributed by atoms with E-state index < -0.39 is 0 Å². The molecule has 2 unspecified atom stereocenters. The van der Waals surface area contributed by atoms with E-state index in [4.69, 9.17) is 0 Å². The average Bonchev–Trinajstić information content (AvgIpc) is 2.58. The zero-order chi connectivity index (χ0) is 9.42.